The van der Waals surface area contributed by atoms with Crippen molar-refractivity contribution >= 4 is 17.0 Å². The smallest absolute Gasteiger partial charge is 0.220 e. The van der Waals surface area contributed by atoms with Crippen LogP contribution in [0.25, 0.3) is 22.3 Å². The third-order valence-corrected chi connectivity index (χ3v) is 3.43. The van der Waals surface area contributed by atoms with Crippen molar-refractivity contribution in [1.29, 1.82) is 5.26 Å². The average molecular weight is 289 g/mol. The van der Waals surface area contributed by atoms with E-state index in [0.717, 1.165) is 40.8 Å². The second kappa shape index (κ2) is 5.78. The molecule has 0 saturated carbocycles. The Hall–Kier alpha value is -3.00. The van der Waals surface area contributed by atoms with Crippen LogP contribution in [0.3, 0.4) is 0 Å². The van der Waals surface area contributed by atoms with Crippen LogP contribution in [-0.2, 0) is 6.42 Å². The van der Waals surface area contributed by atoms with Crippen molar-refractivity contribution in [3.05, 3.63) is 47.7 Å². The van der Waals surface area contributed by atoms with E-state index in [4.69, 9.17) is 16.0 Å². The first-order valence-electron chi connectivity index (χ1n) is 7.15. The van der Waals surface area contributed by atoms with Crippen LogP contribution in [0.5, 0.6) is 0 Å². The van der Waals surface area contributed by atoms with Gasteiger partial charge in [0.1, 0.15) is 5.52 Å². The fourth-order valence-electron chi connectivity index (χ4n) is 2.38. The highest BCUT2D eigenvalue weighted by Crippen LogP contribution is 2.23. The number of hydrogen-bond donors (Lipinski definition) is 1. The summed E-state index contributed by atoms with van der Waals surface area (Å²) in [5.74, 6) is 0.281. The van der Waals surface area contributed by atoms with Crippen LogP contribution in [0.2, 0.25) is 0 Å². The van der Waals surface area contributed by atoms with Crippen LogP contribution in [0.1, 0.15) is 24.6 Å². The Labute approximate surface area is 128 Å². The molecule has 2 N–H and O–H groups in total. The molecule has 3 rings (SSSR count). The number of aromatic nitrogens is 3. The highest BCUT2D eigenvalue weighted by molar-refractivity contribution is 5.81. The van der Waals surface area contributed by atoms with E-state index in [1.807, 2.05) is 24.3 Å². The number of anilines is 1. The number of nitrogen functional groups attached to an aromatic ring is 1. The van der Waals surface area contributed by atoms with Crippen LogP contribution in [-0.4, -0.2) is 15.0 Å². The maximum atomic E-state index is 8.87. The second-order valence-electron chi connectivity index (χ2n) is 5.03. The molecule has 2 aromatic heterocycles. The van der Waals surface area contributed by atoms with Crippen LogP contribution < -0.4 is 5.73 Å². The summed E-state index contributed by atoms with van der Waals surface area (Å²) in [6, 6.07) is 13.3. The number of rotatable bonds is 3. The molecule has 0 spiro atoms. The lowest BCUT2D eigenvalue weighted by molar-refractivity contribution is 0.885. The molecule has 0 fully saturated rings. The molecule has 0 saturated heterocycles. The summed E-state index contributed by atoms with van der Waals surface area (Å²) in [6.45, 7) is 2.09. The van der Waals surface area contributed by atoms with Gasteiger partial charge in [-0.05, 0) is 30.7 Å². The molecule has 5 nitrogen and oxygen atoms in total. The van der Waals surface area contributed by atoms with Gasteiger partial charge in [0.15, 0.2) is 0 Å². The Morgan fingerprint density at radius 3 is 2.50 bits per heavy atom. The van der Waals surface area contributed by atoms with Gasteiger partial charge in [-0.3, -0.25) is 0 Å². The van der Waals surface area contributed by atoms with Crippen LogP contribution in [0.4, 0.5) is 5.95 Å². The van der Waals surface area contributed by atoms with E-state index in [-0.39, 0.29) is 5.95 Å². The average Bonchev–Trinajstić information content (AvgIpc) is 2.55. The largest absolute Gasteiger partial charge is 0.368 e. The molecule has 0 aliphatic carbocycles. The van der Waals surface area contributed by atoms with Gasteiger partial charge in [0.25, 0.3) is 0 Å². The summed E-state index contributed by atoms with van der Waals surface area (Å²) in [5.41, 5.74) is 10.6. The Morgan fingerprint density at radius 1 is 1.05 bits per heavy atom. The van der Waals surface area contributed by atoms with Gasteiger partial charge in [0, 0.05) is 5.56 Å². The molecular weight excluding hydrogens is 274 g/mol. The molecule has 0 amide bonds. The van der Waals surface area contributed by atoms with Crippen LogP contribution in [0, 0.1) is 11.3 Å². The van der Waals surface area contributed by atoms with Crippen molar-refractivity contribution < 1.29 is 0 Å². The van der Waals surface area contributed by atoms with Crippen molar-refractivity contribution in [3.8, 4) is 17.3 Å². The number of benzene rings is 1. The Kier molecular flexibility index (Phi) is 3.67. The van der Waals surface area contributed by atoms with E-state index in [1.54, 1.807) is 12.1 Å². The number of pyridine rings is 1. The predicted molar refractivity (Wildman–Crippen MR) is 85.9 cm³/mol. The van der Waals surface area contributed by atoms with E-state index in [1.165, 1.54) is 0 Å². The summed E-state index contributed by atoms with van der Waals surface area (Å²) in [4.78, 5) is 13.3. The van der Waals surface area contributed by atoms with Crippen molar-refractivity contribution in [2.75, 3.05) is 5.73 Å². The molecule has 22 heavy (non-hydrogen) atoms. The molecule has 0 aliphatic rings. The quantitative estimate of drug-likeness (QED) is 0.800. The number of fused-ring (bicyclic) bond motifs is 1. The predicted octanol–water partition coefficient (Wildman–Crippen LogP) is 3.10. The minimum atomic E-state index is 0.281. The number of nitrogens with two attached hydrogens (primary N) is 1. The minimum absolute atomic E-state index is 0.281. The molecule has 0 atom stereocenters. The summed E-state index contributed by atoms with van der Waals surface area (Å²) in [7, 11) is 0. The Bertz CT molecular complexity index is 863. The normalized spacial score (nSPS) is 10.5. The van der Waals surface area contributed by atoms with E-state index >= 15 is 0 Å². The van der Waals surface area contributed by atoms with E-state index in [0.29, 0.717) is 5.56 Å². The van der Waals surface area contributed by atoms with Crippen molar-refractivity contribution in [3.63, 3.8) is 0 Å². The fourth-order valence-corrected chi connectivity index (χ4v) is 2.38. The zero-order valence-corrected chi connectivity index (χ0v) is 12.2. The summed E-state index contributed by atoms with van der Waals surface area (Å²) >= 11 is 0. The first-order chi connectivity index (χ1) is 10.7. The Balaban J connectivity index is 2.13. The summed E-state index contributed by atoms with van der Waals surface area (Å²) in [5, 5.41) is 8.87. The van der Waals surface area contributed by atoms with Gasteiger partial charge < -0.3 is 5.73 Å². The zero-order chi connectivity index (χ0) is 15.5. The molecule has 3 aromatic rings. The highest BCUT2D eigenvalue weighted by Gasteiger charge is 2.09. The monoisotopic (exact) mass is 289 g/mol. The molecule has 0 aliphatic heterocycles. The number of nitriles is 1. The molecule has 0 radical (unpaired) electrons. The summed E-state index contributed by atoms with van der Waals surface area (Å²) in [6.07, 6.45) is 1.78. The topological polar surface area (TPSA) is 88.5 Å². The summed E-state index contributed by atoms with van der Waals surface area (Å²) < 4.78 is 0. The van der Waals surface area contributed by atoms with Gasteiger partial charge in [0.05, 0.1) is 28.5 Å². The lowest BCUT2D eigenvalue weighted by atomic mass is 10.1. The van der Waals surface area contributed by atoms with Gasteiger partial charge in [-0.15, -0.1) is 0 Å². The van der Waals surface area contributed by atoms with Crippen molar-refractivity contribution in [1.82, 2.24) is 15.0 Å². The van der Waals surface area contributed by atoms with Gasteiger partial charge in [-0.25, -0.2) is 15.0 Å². The van der Waals surface area contributed by atoms with Gasteiger partial charge >= 0.3 is 0 Å². The standard InChI is InChI=1S/C17H15N5/c1-2-3-14-16-15(22-17(19)21-14)9-8-13(20-16)12-6-4-11(10-18)5-7-12/h4-9H,2-3H2,1H3,(H2,19,21,22). The third-order valence-electron chi connectivity index (χ3n) is 3.43. The fraction of sp³-hybridized carbons (Fsp3) is 0.176. The van der Waals surface area contributed by atoms with Crippen molar-refractivity contribution in [2.45, 2.75) is 19.8 Å². The van der Waals surface area contributed by atoms with Crippen molar-refractivity contribution in [2.24, 2.45) is 0 Å². The number of hydrogen-bond acceptors (Lipinski definition) is 5. The van der Waals surface area contributed by atoms with Gasteiger partial charge in [0.2, 0.25) is 5.95 Å². The maximum absolute atomic E-state index is 8.87. The first-order valence-corrected chi connectivity index (χ1v) is 7.15. The Morgan fingerprint density at radius 2 is 1.82 bits per heavy atom. The lowest BCUT2D eigenvalue weighted by Crippen LogP contribution is -2.02. The molecule has 5 heteroatoms. The highest BCUT2D eigenvalue weighted by atomic mass is 15.0. The zero-order valence-electron chi connectivity index (χ0n) is 12.2. The lowest BCUT2D eigenvalue weighted by Gasteiger charge is -2.07. The molecule has 0 unspecified atom stereocenters. The number of aryl methyl sites for hydroxylation is 1. The molecule has 2 heterocycles. The first kappa shape index (κ1) is 14.0. The van der Waals surface area contributed by atoms with Crippen LogP contribution >= 0.6 is 0 Å². The van der Waals surface area contributed by atoms with E-state index < -0.39 is 0 Å². The third kappa shape index (κ3) is 2.59. The van der Waals surface area contributed by atoms with Crippen LogP contribution in [0.15, 0.2) is 36.4 Å². The van der Waals surface area contributed by atoms with E-state index in [9.17, 15) is 0 Å². The maximum Gasteiger partial charge on any atom is 0.220 e. The van der Waals surface area contributed by atoms with Gasteiger partial charge in [-0.1, -0.05) is 25.5 Å². The number of nitrogens with zero attached hydrogens (tertiary/aromatic N) is 4. The minimum Gasteiger partial charge on any atom is -0.368 e. The second-order valence-corrected chi connectivity index (χ2v) is 5.03. The SMILES string of the molecule is CCCc1nc(N)nc2ccc(-c3ccc(C#N)cc3)nc12. The van der Waals surface area contributed by atoms with Gasteiger partial charge in [-0.2, -0.15) is 5.26 Å². The molecule has 108 valence electrons. The van der Waals surface area contributed by atoms with E-state index in [2.05, 4.69) is 23.0 Å². The molecule has 1 aromatic carbocycles. The molecular formula is C17H15N5. The molecule has 0 bridgehead atoms.